The highest BCUT2D eigenvalue weighted by Crippen LogP contribution is 2.36. The normalized spacial score (nSPS) is 14.0. The molecule has 0 fully saturated rings. The number of hydrogen-bond donors (Lipinski definition) is 1. The molecule has 1 aliphatic heterocycles. The summed E-state index contributed by atoms with van der Waals surface area (Å²) >= 11 is 0. The highest BCUT2D eigenvalue weighted by molar-refractivity contribution is 5.38. The zero-order valence-corrected chi connectivity index (χ0v) is 14.7. The van der Waals surface area contributed by atoms with Crippen molar-refractivity contribution in [3.63, 3.8) is 0 Å². The van der Waals surface area contributed by atoms with Crippen LogP contribution in [0.3, 0.4) is 0 Å². The molecule has 0 atom stereocenters. The van der Waals surface area contributed by atoms with Crippen LogP contribution >= 0.6 is 0 Å². The van der Waals surface area contributed by atoms with Gasteiger partial charge in [0.2, 0.25) is 0 Å². The maximum Gasteiger partial charge on any atom is 0.0607 e. The predicted molar refractivity (Wildman–Crippen MR) is 103 cm³/mol. The van der Waals surface area contributed by atoms with Crippen molar-refractivity contribution < 1.29 is 0 Å². The van der Waals surface area contributed by atoms with Crippen molar-refractivity contribution in [2.24, 2.45) is 0 Å². The molecule has 1 heterocycles. The van der Waals surface area contributed by atoms with E-state index in [1.165, 1.54) is 27.8 Å². The van der Waals surface area contributed by atoms with Gasteiger partial charge in [-0.25, -0.2) is 0 Å². The second-order valence-electron chi connectivity index (χ2n) is 6.76. The first-order valence-corrected chi connectivity index (χ1v) is 8.94. The molecule has 0 spiro atoms. The lowest BCUT2D eigenvalue weighted by atomic mass is 9.97. The molecule has 4 rings (SSSR count). The van der Waals surface area contributed by atoms with Gasteiger partial charge in [0.05, 0.1) is 6.04 Å². The van der Waals surface area contributed by atoms with E-state index in [-0.39, 0.29) is 0 Å². The third kappa shape index (κ3) is 3.37. The number of nitrogens with one attached hydrogen (secondary N) is 1. The third-order valence-electron chi connectivity index (χ3n) is 4.99. The van der Waals surface area contributed by atoms with Crippen LogP contribution in [-0.2, 0) is 19.6 Å². The Morgan fingerprint density at radius 3 is 2.00 bits per heavy atom. The molecule has 3 aromatic carbocycles. The molecule has 126 valence electrons. The third-order valence-corrected chi connectivity index (χ3v) is 4.99. The van der Waals surface area contributed by atoms with Gasteiger partial charge in [-0.1, -0.05) is 78.9 Å². The molecule has 25 heavy (non-hydrogen) atoms. The van der Waals surface area contributed by atoms with E-state index in [1.54, 1.807) is 0 Å². The van der Waals surface area contributed by atoms with E-state index in [9.17, 15) is 0 Å². The highest BCUT2D eigenvalue weighted by Gasteiger charge is 2.28. The van der Waals surface area contributed by atoms with Crippen LogP contribution in [0.1, 0.15) is 33.9 Å². The van der Waals surface area contributed by atoms with E-state index in [1.807, 2.05) is 7.05 Å². The summed E-state index contributed by atoms with van der Waals surface area (Å²) in [5.74, 6) is 0. The highest BCUT2D eigenvalue weighted by atomic mass is 15.2. The zero-order chi connectivity index (χ0) is 17.1. The molecular formula is C23H24N2. The largest absolute Gasteiger partial charge is 0.316 e. The van der Waals surface area contributed by atoms with Gasteiger partial charge < -0.3 is 5.32 Å². The van der Waals surface area contributed by atoms with Crippen molar-refractivity contribution in [3.8, 4) is 0 Å². The Hall–Kier alpha value is -2.42. The molecule has 2 heteroatoms. The summed E-state index contributed by atoms with van der Waals surface area (Å²) in [6.45, 7) is 2.93. The Balaban J connectivity index is 1.67. The Bertz CT molecular complexity index is 788. The van der Waals surface area contributed by atoms with E-state index in [0.29, 0.717) is 6.04 Å². The van der Waals surface area contributed by atoms with Gasteiger partial charge in [-0.15, -0.1) is 0 Å². The van der Waals surface area contributed by atoms with Gasteiger partial charge in [0.15, 0.2) is 0 Å². The molecule has 0 saturated heterocycles. The van der Waals surface area contributed by atoms with Crippen LogP contribution in [0.15, 0.2) is 78.9 Å². The van der Waals surface area contributed by atoms with Gasteiger partial charge in [-0.05, 0) is 34.9 Å². The first kappa shape index (κ1) is 16.1. The molecule has 0 unspecified atom stereocenters. The van der Waals surface area contributed by atoms with Crippen LogP contribution in [0, 0.1) is 0 Å². The molecule has 1 aliphatic rings. The molecule has 1 N–H and O–H groups in total. The van der Waals surface area contributed by atoms with Crippen molar-refractivity contribution in [2.75, 3.05) is 7.05 Å². The van der Waals surface area contributed by atoms with Gasteiger partial charge in [-0.2, -0.15) is 0 Å². The van der Waals surface area contributed by atoms with Crippen LogP contribution in [0.5, 0.6) is 0 Å². The minimum Gasteiger partial charge on any atom is -0.316 e. The maximum absolute atomic E-state index is 3.25. The summed E-state index contributed by atoms with van der Waals surface area (Å²) in [4.78, 5) is 2.58. The quantitative estimate of drug-likeness (QED) is 0.741. The molecule has 2 nitrogen and oxygen atoms in total. The maximum atomic E-state index is 3.25. The van der Waals surface area contributed by atoms with Gasteiger partial charge >= 0.3 is 0 Å². The molecule has 0 aromatic heterocycles. The number of rotatable bonds is 5. The van der Waals surface area contributed by atoms with Crippen molar-refractivity contribution in [2.45, 2.75) is 25.7 Å². The van der Waals surface area contributed by atoms with Crippen molar-refractivity contribution in [1.82, 2.24) is 10.2 Å². The van der Waals surface area contributed by atoms with Crippen molar-refractivity contribution in [1.29, 1.82) is 0 Å². The molecular weight excluding hydrogens is 304 g/mol. The van der Waals surface area contributed by atoms with Crippen LogP contribution in [-0.4, -0.2) is 11.9 Å². The standard InChI is InChI=1S/C23H24N2/c1-24-15-18-12-13-21-16-25(17-22(21)14-18)23(19-8-4-2-5-9-19)20-10-6-3-7-11-20/h2-14,23-24H,15-17H2,1H3. The van der Waals surface area contributed by atoms with E-state index in [2.05, 4.69) is 89.1 Å². The summed E-state index contributed by atoms with van der Waals surface area (Å²) in [5.41, 5.74) is 6.99. The summed E-state index contributed by atoms with van der Waals surface area (Å²) in [6.07, 6.45) is 0. The smallest absolute Gasteiger partial charge is 0.0607 e. The fraction of sp³-hybridized carbons (Fsp3) is 0.217. The Kier molecular flexibility index (Phi) is 4.64. The van der Waals surface area contributed by atoms with Crippen molar-refractivity contribution >= 4 is 0 Å². The Labute approximate surface area is 150 Å². The fourth-order valence-electron chi connectivity index (χ4n) is 3.86. The monoisotopic (exact) mass is 328 g/mol. The number of hydrogen-bond acceptors (Lipinski definition) is 2. The second kappa shape index (κ2) is 7.22. The van der Waals surface area contributed by atoms with Crippen LogP contribution in [0.2, 0.25) is 0 Å². The lowest BCUT2D eigenvalue weighted by Crippen LogP contribution is -2.24. The first-order chi connectivity index (χ1) is 12.3. The summed E-state index contributed by atoms with van der Waals surface area (Å²) in [6, 6.07) is 28.9. The fourth-order valence-corrected chi connectivity index (χ4v) is 3.86. The lowest BCUT2D eigenvalue weighted by molar-refractivity contribution is 0.231. The predicted octanol–water partition coefficient (Wildman–Crippen LogP) is 4.51. The van der Waals surface area contributed by atoms with Gasteiger partial charge in [0, 0.05) is 19.6 Å². The second-order valence-corrected chi connectivity index (χ2v) is 6.76. The molecule has 0 radical (unpaired) electrons. The molecule has 0 aliphatic carbocycles. The average Bonchev–Trinajstić information content (AvgIpc) is 3.07. The molecule has 0 bridgehead atoms. The van der Waals surface area contributed by atoms with E-state index in [0.717, 1.165) is 19.6 Å². The van der Waals surface area contributed by atoms with Crippen LogP contribution < -0.4 is 5.32 Å². The SMILES string of the molecule is CNCc1ccc2c(c1)CN(C(c1ccccc1)c1ccccc1)C2. The summed E-state index contributed by atoms with van der Waals surface area (Å²) < 4.78 is 0. The number of benzene rings is 3. The Morgan fingerprint density at radius 2 is 1.40 bits per heavy atom. The van der Waals surface area contributed by atoms with Gasteiger partial charge in [0.1, 0.15) is 0 Å². The van der Waals surface area contributed by atoms with E-state index >= 15 is 0 Å². The summed E-state index contributed by atoms with van der Waals surface area (Å²) in [5, 5.41) is 3.25. The van der Waals surface area contributed by atoms with E-state index in [4.69, 9.17) is 0 Å². The zero-order valence-electron chi connectivity index (χ0n) is 14.7. The molecule has 0 amide bonds. The minimum atomic E-state index is 0.294. The van der Waals surface area contributed by atoms with Gasteiger partial charge in [-0.3, -0.25) is 4.90 Å². The molecule has 3 aromatic rings. The van der Waals surface area contributed by atoms with Crippen LogP contribution in [0.4, 0.5) is 0 Å². The molecule has 0 saturated carbocycles. The average molecular weight is 328 g/mol. The summed E-state index contributed by atoms with van der Waals surface area (Å²) in [7, 11) is 2.00. The van der Waals surface area contributed by atoms with Gasteiger partial charge in [0.25, 0.3) is 0 Å². The lowest BCUT2D eigenvalue weighted by Gasteiger charge is -2.28. The number of nitrogens with zero attached hydrogens (tertiary/aromatic N) is 1. The van der Waals surface area contributed by atoms with Crippen molar-refractivity contribution in [3.05, 3.63) is 107 Å². The topological polar surface area (TPSA) is 15.3 Å². The van der Waals surface area contributed by atoms with Crippen LogP contribution in [0.25, 0.3) is 0 Å². The first-order valence-electron chi connectivity index (χ1n) is 8.94. The Morgan fingerprint density at radius 1 is 0.800 bits per heavy atom. The minimum absolute atomic E-state index is 0.294. The number of fused-ring (bicyclic) bond motifs is 1. The van der Waals surface area contributed by atoms with E-state index < -0.39 is 0 Å².